The Bertz CT molecular complexity index is 1000. The zero-order chi connectivity index (χ0) is 19.7. The number of amides is 1. The molecule has 9 nitrogen and oxygen atoms in total. The van der Waals surface area contributed by atoms with Crippen LogP contribution in [-0.2, 0) is 6.42 Å². The van der Waals surface area contributed by atoms with E-state index in [1.54, 1.807) is 12.4 Å². The molecule has 0 bridgehead atoms. The lowest BCUT2D eigenvalue weighted by Crippen LogP contribution is -2.37. The predicted molar refractivity (Wildman–Crippen MR) is 105 cm³/mol. The molecule has 9 heteroatoms. The van der Waals surface area contributed by atoms with Gasteiger partial charge in [0.25, 0.3) is 5.91 Å². The van der Waals surface area contributed by atoms with Crippen molar-refractivity contribution in [1.82, 2.24) is 30.3 Å². The van der Waals surface area contributed by atoms with Crippen LogP contribution in [0.4, 0.5) is 11.5 Å². The fourth-order valence-electron chi connectivity index (χ4n) is 3.47. The van der Waals surface area contributed by atoms with Crippen LogP contribution in [0.1, 0.15) is 41.1 Å². The Morgan fingerprint density at radius 1 is 1.25 bits per heavy atom. The van der Waals surface area contributed by atoms with Gasteiger partial charge < -0.3 is 16.0 Å². The van der Waals surface area contributed by atoms with Gasteiger partial charge in [-0.1, -0.05) is 25.1 Å². The number of carbonyl (C=O) groups is 1. The number of anilines is 2. The van der Waals surface area contributed by atoms with Crippen LogP contribution in [0.5, 0.6) is 0 Å². The summed E-state index contributed by atoms with van der Waals surface area (Å²) in [5.41, 5.74) is 9.01. The van der Waals surface area contributed by atoms with Crippen molar-refractivity contribution in [2.75, 3.05) is 24.2 Å². The topological polar surface area (TPSA) is 115 Å². The van der Waals surface area contributed by atoms with E-state index in [1.807, 2.05) is 25.1 Å². The molecule has 144 valence electrons. The second-order valence-corrected chi connectivity index (χ2v) is 6.69. The Kier molecular flexibility index (Phi) is 4.64. The molecule has 0 radical (unpaired) electrons. The second kappa shape index (κ2) is 7.26. The molecular weight excluding hydrogens is 356 g/mol. The molecule has 3 aromatic rings. The van der Waals surface area contributed by atoms with Gasteiger partial charge in [0.05, 0.1) is 24.1 Å². The van der Waals surface area contributed by atoms with Gasteiger partial charge in [0, 0.05) is 19.3 Å². The van der Waals surface area contributed by atoms with Crippen LogP contribution >= 0.6 is 0 Å². The summed E-state index contributed by atoms with van der Waals surface area (Å²) >= 11 is 0. The molecule has 1 aromatic carbocycles. The first kappa shape index (κ1) is 17.9. The van der Waals surface area contributed by atoms with E-state index >= 15 is 0 Å². The number of carbonyl (C=O) groups excluding carboxylic acids is 1. The Labute approximate surface area is 162 Å². The highest BCUT2D eigenvalue weighted by molar-refractivity contribution is 5.96. The van der Waals surface area contributed by atoms with Gasteiger partial charge in [0.15, 0.2) is 17.3 Å². The van der Waals surface area contributed by atoms with Crippen molar-refractivity contribution in [2.24, 2.45) is 0 Å². The van der Waals surface area contributed by atoms with E-state index in [0.717, 1.165) is 24.2 Å². The van der Waals surface area contributed by atoms with E-state index in [-0.39, 0.29) is 23.5 Å². The van der Waals surface area contributed by atoms with Gasteiger partial charge in [0.1, 0.15) is 0 Å². The van der Waals surface area contributed by atoms with Crippen molar-refractivity contribution >= 4 is 17.4 Å². The number of nitrogens with one attached hydrogen (secondary N) is 1. The number of hydrogen-bond acceptors (Lipinski definition) is 7. The first-order chi connectivity index (χ1) is 13.6. The summed E-state index contributed by atoms with van der Waals surface area (Å²) in [5.74, 6) is 0.165. The summed E-state index contributed by atoms with van der Waals surface area (Å²) in [6, 6.07) is 7.97. The van der Waals surface area contributed by atoms with Gasteiger partial charge in [-0.2, -0.15) is 10.2 Å². The largest absolute Gasteiger partial charge is 0.382 e. The maximum atomic E-state index is 12.9. The van der Waals surface area contributed by atoms with Crippen LogP contribution < -0.4 is 16.0 Å². The number of para-hydroxylation sites is 1. The number of nitrogens with two attached hydrogens (primary N) is 1. The van der Waals surface area contributed by atoms with Crippen molar-refractivity contribution in [3.63, 3.8) is 0 Å². The second-order valence-electron chi connectivity index (χ2n) is 6.69. The van der Waals surface area contributed by atoms with Gasteiger partial charge in [-0.15, -0.1) is 4.80 Å². The van der Waals surface area contributed by atoms with Crippen molar-refractivity contribution in [2.45, 2.75) is 25.8 Å². The van der Waals surface area contributed by atoms with E-state index in [4.69, 9.17) is 5.73 Å². The third-order valence-corrected chi connectivity index (χ3v) is 4.91. The normalized spacial score (nSPS) is 15.9. The smallest absolute Gasteiger partial charge is 0.274 e. The fourth-order valence-corrected chi connectivity index (χ4v) is 3.47. The standard InChI is InChI=1S/C19H22N8O/c1-3-13-18(27-21-9-10-22-27)25-17(20)16(23-13)19(28)24-14-8-11-26(2)15-7-5-4-6-12(14)15/h4-7,9-10,14H,3,8,11H2,1-2H3,(H2,20,25)(H,24,28). The van der Waals surface area contributed by atoms with Gasteiger partial charge >= 0.3 is 0 Å². The number of aromatic nitrogens is 5. The number of benzene rings is 1. The highest BCUT2D eigenvalue weighted by Gasteiger charge is 2.26. The third kappa shape index (κ3) is 3.15. The summed E-state index contributed by atoms with van der Waals surface area (Å²) in [6.45, 7) is 2.79. The summed E-state index contributed by atoms with van der Waals surface area (Å²) < 4.78 is 0. The van der Waals surface area contributed by atoms with E-state index in [0.29, 0.717) is 17.9 Å². The average Bonchev–Trinajstić information content (AvgIpc) is 3.24. The van der Waals surface area contributed by atoms with Gasteiger partial charge in [-0.25, -0.2) is 9.97 Å². The molecule has 0 saturated carbocycles. The molecule has 1 aliphatic rings. The Morgan fingerprint density at radius 3 is 2.75 bits per heavy atom. The van der Waals surface area contributed by atoms with Crippen LogP contribution in [0.3, 0.4) is 0 Å². The minimum Gasteiger partial charge on any atom is -0.382 e. The van der Waals surface area contributed by atoms with E-state index in [2.05, 4.69) is 43.5 Å². The minimum absolute atomic E-state index is 0.0585. The fraction of sp³-hybridized carbons (Fsp3) is 0.316. The van der Waals surface area contributed by atoms with E-state index < -0.39 is 0 Å². The SMILES string of the molecule is CCc1nc(C(=O)NC2CCN(C)c3ccccc32)c(N)nc1-n1nccn1. The summed E-state index contributed by atoms with van der Waals surface area (Å²) in [6.07, 6.45) is 4.48. The maximum absolute atomic E-state index is 12.9. The molecule has 1 unspecified atom stereocenters. The lowest BCUT2D eigenvalue weighted by atomic mass is 9.96. The van der Waals surface area contributed by atoms with Crippen LogP contribution in [-0.4, -0.2) is 44.5 Å². The first-order valence-electron chi connectivity index (χ1n) is 9.22. The molecule has 4 rings (SSSR count). The molecule has 2 aromatic heterocycles. The zero-order valence-corrected chi connectivity index (χ0v) is 15.8. The maximum Gasteiger partial charge on any atom is 0.274 e. The van der Waals surface area contributed by atoms with Crippen LogP contribution in [0.2, 0.25) is 0 Å². The molecule has 1 amide bonds. The molecule has 0 spiro atoms. The Balaban J connectivity index is 1.63. The molecule has 28 heavy (non-hydrogen) atoms. The monoisotopic (exact) mass is 378 g/mol. The molecular formula is C19H22N8O. The number of aryl methyl sites for hydroxylation is 1. The summed E-state index contributed by atoms with van der Waals surface area (Å²) in [4.78, 5) is 25.3. The predicted octanol–water partition coefficient (Wildman–Crippen LogP) is 1.51. The molecule has 1 aliphatic heterocycles. The number of nitrogen functional groups attached to an aromatic ring is 1. The van der Waals surface area contributed by atoms with Crippen LogP contribution in [0.15, 0.2) is 36.7 Å². The number of hydrogen-bond donors (Lipinski definition) is 2. The number of fused-ring (bicyclic) bond motifs is 1. The molecule has 1 atom stereocenters. The van der Waals surface area contributed by atoms with Gasteiger partial charge in [0.2, 0.25) is 0 Å². The van der Waals surface area contributed by atoms with E-state index in [9.17, 15) is 4.79 Å². The zero-order valence-electron chi connectivity index (χ0n) is 15.8. The molecule has 3 heterocycles. The van der Waals surface area contributed by atoms with Crippen molar-refractivity contribution in [1.29, 1.82) is 0 Å². The number of rotatable bonds is 4. The van der Waals surface area contributed by atoms with Crippen molar-refractivity contribution in [3.05, 3.63) is 53.6 Å². The minimum atomic E-state index is -0.330. The molecule has 0 saturated heterocycles. The van der Waals surface area contributed by atoms with Gasteiger partial charge in [-0.3, -0.25) is 4.79 Å². The lowest BCUT2D eigenvalue weighted by Gasteiger charge is -2.33. The first-order valence-corrected chi connectivity index (χ1v) is 9.22. The van der Waals surface area contributed by atoms with Crippen LogP contribution in [0, 0.1) is 0 Å². The molecule has 0 aliphatic carbocycles. The summed E-state index contributed by atoms with van der Waals surface area (Å²) in [7, 11) is 2.05. The summed E-state index contributed by atoms with van der Waals surface area (Å²) in [5, 5.41) is 11.2. The lowest BCUT2D eigenvalue weighted by molar-refractivity contribution is 0.0929. The third-order valence-electron chi connectivity index (χ3n) is 4.91. The van der Waals surface area contributed by atoms with Gasteiger partial charge in [-0.05, 0) is 24.5 Å². The van der Waals surface area contributed by atoms with Crippen LogP contribution in [0.25, 0.3) is 5.82 Å². The Morgan fingerprint density at radius 2 is 2.00 bits per heavy atom. The number of nitrogens with zero attached hydrogens (tertiary/aromatic N) is 6. The Hall–Kier alpha value is -3.49. The molecule has 3 N–H and O–H groups in total. The van der Waals surface area contributed by atoms with E-state index in [1.165, 1.54) is 4.80 Å². The van der Waals surface area contributed by atoms with Crippen molar-refractivity contribution in [3.8, 4) is 5.82 Å². The highest BCUT2D eigenvalue weighted by Crippen LogP contribution is 2.32. The quantitative estimate of drug-likeness (QED) is 0.707. The highest BCUT2D eigenvalue weighted by atomic mass is 16.2. The molecule has 0 fully saturated rings. The average molecular weight is 378 g/mol. The van der Waals surface area contributed by atoms with Crippen molar-refractivity contribution < 1.29 is 4.79 Å².